The lowest BCUT2D eigenvalue weighted by molar-refractivity contribution is 0.539. The van der Waals surface area contributed by atoms with E-state index >= 15 is 0 Å². The van der Waals surface area contributed by atoms with Crippen LogP contribution in [0.2, 0.25) is 0 Å². The third kappa shape index (κ3) is 3.16. The van der Waals surface area contributed by atoms with E-state index in [2.05, 4.69) is 15.9 Å². The summed E-state index contributed by atoms with van der Waals surface area (Å²) in [5.41, 5.74) is 6.58. The van der Waals surface area contributed by atoms with Crippen LogP contribution in [0.25, 0.3) is 0 Å². The van der Waals surface area contributed by atoms with Crippen molar-refractivity contribution in [2.24, 2.45) is 11.7 Å². The van der Waals surface area contributed by atoms with E-state index in [9.17, 15) is 4.39 Å². The molecule has 1 nitrogen and oxygen atoms in total. The second-order valence-electron chi connectivity index (χ2n) is 3.93. The van der Waals surface area contributed by atoms with Crippen molar-refractivity contribution in [1.29, 1.82) is 0 Å². The number of halogens is 3. The van der Waals surface area contributed by atoms with Crippen molar-refractivity contribution in [3.05, 3.63) is 34.1 Å². The summed E-state index contributed by atoms with van der Waals surface area (Å²) in [7, 11) is 0. The summed E-state index contributed by atoms with van der Waals surface area (Å²) in [5, 5.41) is 0. The Morgan fingerprint density at radius 1 is 1.47 bits per heavy atom. The van der Waals surface area contributed by atoms with Crippen molar-refractivity contribution in [3.8, 4) is 0 Å². The predicted octanol–water partition coefficient (Wildman–Crippen LogP) is 3.81. The van der Waals surface area contributed by atoms with E-state index in [1.807, 2.05) is 6.07 Å². The Bertz CT molecular complexity index is 341. The molecule has 0 heterocycles. The van der Waals surface area contributed by atoms with E-state index in [0.717, 1.165) is 12.3 Å². The summed E-state index contributed by atoms with van der Waals surface area (Å²) in [4.78, 5) is 0. The highest BCUT2D eigenvalue weighted by Crippen LogP contribution is 2.37. The average Bonchev–Trinajstić information content (AvgIpc) is 2.93. The predicted molar refractivity (Wildman–Crippen MR) is 65.6 cm³/mol. The van der Waals surface area contributed by atoms with Gasteiger partial charge in [0.2, 0.25) is 0 Å². The van der Waals surface area contributed by atoms with Crippen LogP contribution in [-0.4, -0.2) is 0 Å². The lowest BCUT2D eigenvalue weighted by Crippen LogP contribution is -2.13. The molecular formula is C11H14BrClFN. The zero-order valence-corrected chi connectivity index (χ0v) is 10.7. The third-order valence-electron chi connectivity index (χ3n) is 2.67. The van der Waals surface area contributed by atoms with E-state index < -0.39 is 0 Å². The van der Waals surface area contributed by atoms with Crippen LogP contribution in [-0.2, 0) is 0 Å². The highest BCUT2D eigenvalue weighted by atomic mass is 79.9. The summed E-state index contributed by atoms with van der Waals surface area (Å²) >= 11 is 3.17. The largest absolute Gasteiger partial charge is 0.324 e. The van der Waals surface area contributed by atoms with Crippen LogP contribution in [0.3, 0.4) is 0 Å². The molecule has 84 valence electrons. The van der Waals surface area contributed by atoms with Gasteiger partial charge in [-0.25, -0.2) is 4.39 Å². The Hall–Kier alpha value is -0.120. The van der Waals surface area contributed by atoms with E-state index in [1.54, 1.807) is 12.1 Å². The van der Waals surface area contributed by atoms with E-state index in [-0.39, 0.29) is 24.3 Å². The van der Waals surface area contributed by atoms with Gasteiger partial charge in [-0.1, -0.05) is 25.0 Å². The maximum absolute atomic E-state index is 13.6. The van der Waals surface area contributed by atoms with Crippen LogP contribution in [0, 0.1) is 11.7 Å². The molecule has 1 aromatic carbocycles. The number of hydrogen-bond donors (Lipinski definition) is 1. The highest BCUT2D eigenvalue weighted by Gasteiger charge is 2.25. The van der Waals surface area contributed by atoms with E-state index in [1.165, 1.54) is 12.8 Å². The molecule has 0 saturated heterocycles. The van der Waals surface area contributed by atoms with Gasteiger partial charge >= 0.3 is 0 Å². The molecule has 0 spiro atoms. The number of rotatable bonds is 3. The smallest absolute Gasteiger partial charge is 0.142 e. The zero-order chi connectivity index (χ0) is 10.1. The zero-order valence-electron chi connectivity index (χ0n) is 8.25. The maximum atomic E-state index is 13.6. The first-order valence-corrected chi connectivity index (χ1v) is 5.67. The molecule has 4 heteroatoms. The number of hydrogen-bond acceptors (Lipinski definition) is 1. The SMILES string of the molecule is Cl.N[C@H](CC1CC1)c1cccc(Br)c1F. The Balaban J connectivity index is 0.00000112. The summed E-state index contributed by atoms with van der Waals surface area (Å²) in [6, 6.07) is 5.14. The molecule has 0 aliphatic heterocycles. The van der Waals surface area contributed by atoms with Gasteiger partial charge in [-0.15, -0.1) is 12.4 Å². The van der Waals surface area contributed by atoms with Crippen LogP contribution in [0.4, 0.5) is 4.39 Å². The molecule has 0 bridgehead atoms. The molecule has 2 rings (SSSR count). The minimum atomic E-state index is -0.208. The second kappa shape index (κ2) is 5.28. The first-order chi connectivity index (χ1) is 6.68. The molecule has 0 aromatic heterocycles. The Labute approximate surface area is 104 Å². The van der Waals surface area contributed by atoms with Crippen molar-refractivity contribution in [1.82, 2.24) is 0 Å². The van der Waals surface area contributed by atoms with Gasteiger partial charge < -0.3 is 5.73 Å². The summed E-state index contributed by atoms with van der Waals surface area (Å²) in [6.45, 7) is 0. The topological polar surface area (TPSA) is 26.0 Å². The second-order valence-corrected chi connectivity index (χ2v) is 4.78. The average molecular weight is 295 g/mol. The van der Waals surface area contributed by atoms with Gasteiger partial charge in [-0.05, 0) is 34.3 Å². The summed E-state index contributed by atoms with van der Waals surface area (Å²) in [6.07, 6.45) is 3.42. The molecule has 1 aromatic rings. The first kappa shape index (κ1) is 12.9. The summed E-state index contributed by atoms with van der Waals surface area (Å²) in [5.74, 6) is 0.518. The van der Waals surface area contributed by atoms with Gasteiger partial charge in [-0.3, -0.25) is 0 Å². The molecule has 1 saturated carbocycles. The third-order valence-corrected chi connectivity index (χ3v) is 3.28. The molecule has 15 heavy (non-hydrogen) atoms. The quantitative estimate of drug-likeness (QED) is 0.901. The molecule has 1 fully saturated rings. The van der Waals surface area contributed by atoms with Crippen LogP contribution in [0.1, 0.15) is 30.9 Å². The lowest BCUT2D eigenvalue weighted by Gasteiger charge is -2.12. The molecule has 1 atom stereocenters. The fourth-order valence-corrected chi connectivity index (χ4v) is 2.03. The Morgan fingerprint density at radius 2 is 2.13 bits per heavy atom. The van der Waals surface area contributed by atoms with Gasteiger partial charge in [-0.2, -0.15) is 0 Å². The van der Waals surface area contributed by atoms with Crippen molar-refractivity contribution >= 4 is 28.3 Å². The monoisotopic (exact) mass is 293 g/mol. The van der Waals surface area contributed by atoms with E-state index in [0.29, 0.717) is 10.0 Å². The fraction of sp³-hybridized carbons (Fsp3) is 0.455. The van der Waals surface area contributed by atoms with Crippen molar-refractivity contribution in [2.45, 2.75) is 25.3 Å². The van der Waals surface area contributed by atoms with Crippen LogP contribution >= 0.6 is 28.3 Å². The van der Waals surface area contributed by atoms with Gasteiger partial charge in [0.25, 0.3) is 0 Å². The number of benzene rings is 1. The highest BCUT2D eigenvalue weighted by molar-refractivity contribution is 9.10. The molecule has 0 amide bonds. The van der Waals surface area contributed by atoms with Crippen molar-refractivity contribution in [2.75, 3.05) is 0 Å². The minimum Gasteiger partial charge on any atom is -0.324 e. The van der Waals surface area contributed by atoms with Crippen LogP contribution in [0.15, 0.2) is 22.7 Å². The van der Waals surface area contributed by atoms with E-state index in [4.69, 9.17) is 5.73 Å². The molecular weight excluding hydrogens is 280 g/mol. The first-order valence-electron chi connectivity index (χ1n) is 4.88. The maximum Gasteiger partial charge on any atom is 0.142 e. The van der Waals surface area contributed by atoms with Gasteiger partial charge in [0.05, 0.1) is 4.47 Å². The van der Waals surface area contributed by atoms with Crippen LogP contribution < -0.4 is 5.73 Å². The van der Waals surface area contributed by atoms with Crippen molar-refractivity contribution in [3.63, 3.8) is 0 Å². The number of nitrogens with two attached hydrogens (primary N) is 1. The fourth-order valence-electron chi connectivity index (χ4n) is 1.65. The lowest BCUT2D eigenvalue weighted by atomic mass is 10.0. The van der Waals surface area contributed by atoms with Crippen LogP contribution in [0.5, 0.6) is 0 Å². The Morgan fingerprint density at radius 3 is 2.73 bits per heavy atom. The molecule has 1 aliphatic rings. The summed E-state index contributed by atoms with van der Waals surface area (Å²) < 4.78 is 14.1. The Kier molecular flexibility index (Phi) is 4.56. The minimum absolute atomic E-state index is 0. The molecule has 0 radical (unpaired) electrons. The molecule has 1 aliphatic carbocycles. The normalized spacial score (nSPS) is 17.0. The van der Waals surface area contributed by atoms with Gasteiger partial charge in [0, 0.05) is 11.6 Å². The molecule has 0 unspecified atom stereocenters. The van der Waals surface area contributed by atoms with Gasteiger partial charge in [0.1, 0.15) is 5.82 Å². The standard InChI is InChI=1S/C11H13BrFN.ClH/c12-9-3-1-2-8(11(9)13)10(14)6-7-4-5-7;/h1-3,7,10H,4-6,14H2;1H/t10-;/m1./s1. The molecule has 2 N–H and O–H groups in total. The van der Waals surface area contributed by atoms with Crippen molar-refractivity contribution < 1.29 is 4.39 Å². The van der Waals surface area contributed by atoms with Gasteiger partial charge in [0.15, 0.2) is 0 Å².